The quantitative estimate of drug-likeness (QED) is 0.443. The normalized spacial score (nSPS) is 13.8. The van der Waals surface area contributed by atoms with Gasteiger partial charge in [-0.1, -0.05) is 64.4 Å². The van der Waals surface area contributed by atoms with Crippen molar-refractivity contribution in [2.75, 3.05) is 6.61 Å². The van der Waals surface area contributed by atoms with Gasteiger partial charge in [0.05, 0.1) is 5.52 Å². The Balaban J connectivity index is 2.43. The predicted molar refractivity (Wildman–Crippen MR) is 136 cm³/mol. The second-order valence-corrected chi connectivity index (χ2v) is 16.8. The van der Waals surface area contributed by atoms with E-state index in [2.05, 4.69) is 47.7 Å². The van der Waals surface area contributed by atoms with Crippen molar-refractivity contribution in [2.24, 2.45) is 5.41 Å². The molecule has 0 radical (unpaired) electrons. The fourth-order valence-electron chi connectivity index (χ4n) is 2.87. The average molecular weight is 480 g/mol. The minimum Gasteiger partial charge on any atom is -0.494 e. The Labute approximate surface area is 198 Å². The van der Waals surface area contributed by atoms with Crippen LogP contribution < -0.4 is 0 Å². The van der Waals surface area contributed by atoms with Crippen LogP contribution in [-0.4, -0.2) is 36.3 Å². The smallest absolute Gasteiger partial charge is 0.421 e. The Morgan fingerprint density at radius 3 is 2.25 bits per heavy atom. The van der Waals surface area contributed by atoms with Gasteiger partial charge in [0.1, 0.15) is 5.60 Å². The van der Waals surface area contributed by atoms with E-state index in [9.17, 15) is 9.90 Å². The summed E-state index contributed by atoms with van der Waals surface area (Å²) in [4.78, 5) is 12.8. The first-order valence-corrected chi connectivity index (χ1v) is 14.2. The summed E-state index contributed by atoms with van der Waals surface area (Å²) in [6.45, 7) is 21.2. The average Bonchev–Trinajstić information content (AvgIpc) is 2.86. The Hall–Kier alpha value is -1.76. The van der Waals surface area contributed by atoms with Gasteiger partial charge in [-0.15, -0.1) is 0 Å². The van der Waals surface area contributed by atoms with Crippen molar-refractivity contribution >= 4 is 43.0 Å². The van der Waals surface area contributed by atoms with Crippen LogP contribution in [0.15, 0.2) is 24.3 Å². The van der Waals surface area contributed by atoms with Crippen molar-refractivity contribution in [3.63, 3.8) is 0 Å². The van der Waals surface area contributed by atoms with Crippen LogP contribution in [0.5, 0.6) is 5.88 Å². The molecule has 0 fully saturated rings. The molecule has 0 unspecified atom stereocenters. The molecule has 0 aliphatic heterocycles. The van der Waals surface area contributed by atoms with Crippen molar-refractivity contribution in [3.05, 3.63) is 34.9 Å². The minimum absolute atomic E-state index is 0.130. The topological polar surface area (TPSA) is 60.7 Å². The van der Waals surface area contributed by atoms with Gasteiger partial charge in [0, 0.05) is 28.0 Å². The molecular formula is C25H38ClNO4Si. The third-order valence-corrected chi connectivity index (χ3v) is 10.5. The van der Waals surface area contributed by atoms with E-state index in [0.29, 0.717) is 22.7 Å². The summed E-state index contributed by atoms with van der Waals surface area (Å²) in [5.74, 6) is -0.172. The summed E-state index contributed by atoms with van der Waals surface area (Å²) in [5.41, 5.74) is 0.0779. The highest BCUT2D eigenvalue weighted by Crippen LogP contribution is 2.39. The molecule has 5 nitrogen and oxygen atoms in total. The summed E-state index contributed by atoms with van der Waals surface area (Å²) < 4.78 is 13.1. The Morgan fingerprint density at radius 1 is 1.12 bits per heavy atom. The van der Waals surface area contributed by atoms with Crippen LogP contribution in [-0.2, 0) is 9.16 Å². The lowest BCUT2D eigenvalue weighted by Gasteiger charge is -2.38. The molecule has 1 aromatic carbocycles. The summed E-state index contributed by atoms with van der Waals surface area (Å²) >= 11 is 6.18. The highest BCUT2D eigenvalue weighted by Gasteiger charge is 2.38. The maximum atomic E-state index is 12.8. The summed E-state index contributed by atoms with van der Waals surface area (Å²) in [6.07, 6.45) is 3.21. The standard InChI is InChI=1S/C25H38ClNO4Si/c1-23(2,3)31-22(29)27-20-15-17(26)11-12-18(20)19(21(27)28)13-14-25(7,8)16-30-32(9,10)24(4,5)6/h11-15,28H,16H2,1-10H3/b14-13+. The number of nitrogens with zero attached hydrogens (tertiary/aromatic N) is 1. The number of halogens is 1. The second-order valence-electron chi connectivity index (χ2n) is 11.6. The molecule has 2 aromatic rings. The molecule has 7 heteroatoms. The molecule has 1 N–H and O–H groups in total. The van der Waals surface area contributed by atoms with Crippen LogP contribution in [0.4, 0.5) is 4.79 Å². The molecule has 0 aliphatic rings. The van der Waals surface area contributed by atoms with Gasteiger partial charge >= 0.3 is 6.09 Å². The first kappa shape index (κ1) is 26.5. The monoisotopic (exact) mass is 479 g/mol. The molecular weight excluding hydrogens is 442 g/mol. The highest BCUT2D eigenvalue weighted by atomic mass is 35.5. The first-order chi connectivity index (χ1) is 14.3. The number of carbonyl (C=O) groups is 1. The van der Waals surface area contributed by atoms with Crippen molar-refractivity contribution < 1.29 is 19.1 Å². The number of aromatic nitrogens is 1. The SMILES string of the molecule is CC(C)(/C=C/c1c(O)n(C(=O)OC(C)(C)C)c2cc(Cl)ccc12)CO[Si](C)(C)C(C)(C)C. The van der Waals surface area contributed by atoms with Gasteiger partial charge in [0.15, 0.2) is 8.32 Å². The molecule has 32 heavy (non-hydrogen) atoms. The van der Waals surface area contributed by atoms with Crippen molar-refractivity contribution in [1.82, 2.24) is 4.57 Å². The van der Waals surface area contributed by atoms with Crippen LogP contribution in [0, 0.1) is 5.41 Å². The van der Waals surface area contributed by atoms with Crippen LogP contribution >= 0.6 is 11.6 Å². The van der Waals surface area contributed by atoms with E-state index in [4.69, 9.17) is 20.8 Å². The molecule has 0 saturated carbocycles. The number of carbonyl (C=O) groups excluding carboxylic acids is 1. The predicted octanol–water partition coefficient (Wildman–Crippen LogP) is 7.84. The van der Waals surface area contributed by atoms with E-state index in [-0.39, 0.29) is 16.3 Å². The summed E-state index contributed by atoms with van der Waals surface area (Å²) in [5, 5.41) is 12.3. The van der Waals surface area contributed by atoms with Crippen LogP contribution in [0.25, 0.3) is 17.0 Å². The summed E-state index contributed by atoms with van der Waals surface area (Å²) in [7, 11) is -1.88. The zero-order valence-corrected chi connectivity index (χ0v) is 22.8. The van der Waals surface area contributed by atoms with Gasteiger partial charge in [-0.05, 0) is 51.0 Å². The highest BCUT2D eigenvalue weighted by molar-refractivity contribution is 6.74. The third kappa shape index (κ3) is 6.18. The van der Waals surface area contributed by atoms with E-state index >= 15 is 0 Å². The van der Waals surface area contributed by atoms with Gasteiger partial charge in [-0.2, -0.15) is 0 Å². The molecule has 1 aromatic heterocycles. The molecule has 0 atom stereocenters. The van der Waals surface area contributed by atoms with E-state index in [1.165, 1.54) is 4.57 Å². The van der Waals surface area contributed by atoms with E-state index < -0.39 is 20.0 Å². The number of hydrogen-bond acceptors (Lipinski definition) is 4. The van der Waals surface area contributed by atoms with Gasteiger partial charge in [-0.3, -0.25) is 0 Å². The van der Waals surface area contributed by atoms with Crippen molar-refractivity contribution in [2.45, 2.75) is 79.1 Å². The van der Waals surface area contributed by atoms with Gasteiger partial charge in [0.25, 0.3) is 0 Å². The molecule has 0 amide bonds. The van der Waals surface area contributed by atoms with Gasteiger partial charge < -0.3 is 14.3 Å². The molecule has 0 spiro atoms. The number of fused-ring (bicyclic) bond motifs is 1. The maximum Gasteiger partial charge on any atom is 0.421 e. The summed E-state index contributed by atoms with van der Waals surface area (Å²) in [6, 6.07) is 5.20. The number of benzene rings is 1. The van der Waals surface area contributed by atoms with Crippen LogP contribution in [0.1, 0.15) is 61.0 Å². The molecule has 0 bridgehead atoms. The third-order valence-electron chi connectivity index (χ3n) is 5.83. The maximum absolute atomic E-state index is 12.8. The Bertz CT molecular complexity index is 1020. The van der Waals surface area contributed by atoms with Crippen LogP contribution in [0.3, 0.4) is 0 Å². The van der Waals surface area contributed by atoms with Crippen molar-refractivity contribution in [1.29, 1.82) is 0 Å². The van der Waals surface area contributed by atoms with E-state index in [1.54, 1.807) is 39.0 Å². The number of rotatable bonds is 5. The first-order valence-electron chi connectivity index (χ1n) is 10.9. The fraction of sp³-hybridized carbons (Fsp3) is 0.560. The van der Waals surface area contributed by atoms with E-state index in [1.807, 2.05) is 12.2 Å². The zero-order valence-electron chi connectivity index (χ0n) is 21.1. The second kappa shape index (κ2) is 8.88. The van der Waals surface area contributed by atoms with Crippen LogP contribution in [0.2, 0.25) is 23.2 Å². The largest absolute Gasteiger partial charge is 0.494 e. The molecule has 0 aliphatic carbocycles. The Morgan fingerprint density at radius 2 is 1.72 bits per heavy atom. The minimum atomic E-state index is -1.88. The number of ether oxygens (including phenoxy) is 1. The lowest BCUT2D eigenvalue weighted by atomic mass is 9.93. The molecule has 1 heterocycles. The van der Waals surface area contributed by atoms with Gasteiger partial charge in [-0.25, -0.2) is 9.36 Å². The van der Waals surface area contributed by atoms with E-state index in [0.717, 1.165) is 5.39 Å². The number of hydrogen-bond donors (Lipinski definition) is 1. The molecule has 0 saturated heterocycles. The fourth-order valence-corrected chi connectivity index (χ4v) is 4.20. The van der Waals surface area contributed by atoms with Gasteiger partial charge in [0.2, 0.25) is 5.88 Å². The lowest BCUT2D eigenvalue weighted by molar-refractivity contribution is 0.0533. The number of aromatic hydroxyl groups is 1. The molecule has 178 valence electrons. The zero-order chi connectivity index (χ0) is 24.7. The van der Waals surface area contributed by atoms with Crippen molar-refractivity contribution in [3.8, 4) is 5.88 Å². The Kier molecular flexibility index (Phi) is 7.35. The lowest BCUT2D eigenvalue weighted by Crippen LogP contribution is -2.42. The molecule has 2 rings (SSSR count).